The van der Waals surface area contributed by atoms with E-state index in [1.807, 2.05) is 12.1 Å². The lowest BCUT2D eigenvalue weighted by Gasteiger charge is -2.58. The molecule has 1 aromatic carbocycles. The van der Waals surface area contributed by atoms with Crippen LogP contribution in [0.15, 0.2) is 24.3 Å². The van der Waals surface area contributed by atoms with Gasteiger partial charge >= 0.3 is 0 Å². The summed E-state index contributed by atoms with van der Waals surface area (Å²) < 4.78 is 7.09. The lowest BCUT2D eigenvalue weighted by atomic mass is 9.49. The fourth-order valence-electron chi connectivity index (χ4n) is 9.44. The van der Waals surface area contributed by atoms with Gasteiger partial charge in [0.2, 0.25) is 0 Å². The summed E-state index contributed by atoms with van der Waals surface area (Å²) >= 11 is 0. The van der Waals surface area contributed by atoms with Crippen LogP contribution in [0.4, 0.5) is 0 Å². The van der Waals surface area contributed by atoms with Crippen molar-refractivity contribution in [3.05, 3.63) is 35.4 Å². The molecule has 208 valence electrons. The number of benzene rings is 1. The van der Waals surface area contributed by atoms with Gasteiger partial charge in [0.1, 0.15) is 0 Å². The number of Topliss-reactive ketones (excluding diaryl/α,β-unsaturated/α-hetero) is 1. The third-order valence-corrected chi connectivity index (χ3v) is 17.1. The topological polar surface area (TPSA) is 50.1 Å². The third kappa shape index (κ3) is 4.96. The van der Waals surface area contributed by atoms with E-state index in [0.717, 1.165) is 35.2 Å². The molecular formula is C34H51NO2Si. The van der Waals surface area contributed by atoms with Gasteiger partial charge in [-0.3, -0.25) is 4.79 Å². The van der Waals surface area contributed by atoms with E-state index in [0.29, 0.717) is 23.3 Å². The van der Waals surface area contributed by atoms with Crippen molar-refractivity contribution < 1.29 is 9.22 Å². The number of carbonyl (C=O) groups excluding carboxylic acids is 1. The molecule has 4 heteroatoms. The maximum Gasteiger partial charge on any atom is 0.192 e. The number of nitriles is 1. The second-order valence-corrected chi connectivity index (χ2v) is 20.4. The monoisotopic (exact) mass is 533 g/mol. The molecule has 0 bridgehead atoms. The number of hydrogen-bond donors (Lipinski definition) is 0. The Morgan fingerprint density at radius 2 is 1.66 bits per heavy atom. The zero-order chi connectivity index (χ0) is 27.5. The number of carbonyl (C=O) groups is 1. The summed E-state index contributed by atoms with van der Waals surface area (Å²) in [6.07, 6.45) is 12.5. The number of fused-ring (bicyclic) bond motifs is 5. The molecule has 38 heavy (non-hydrogen) atoms. The quantitative estimate of drug-likeness (QED) is 0.280. The van der Waals surface area contributed by atoms with E-state index in [2.05, 4.69) is 53.8 Å². The average Bonchev–Trinajstić information content (AvgIpc) is 3.18. The molecule has 4 fully saturated rings. The van der Waals surface area contributed by atoms with E-state index in [-0.39, 0.29) is 16.4 Å². The third-order valence-electron chi connectivity index (χ3n) is 12.5. The van der Waals surface area contributed by atoms with Crippen molar-refractivity contribution in [1.29, 1.82) is 5.26 Å². The minimum atomic E-state index is -1.78. The first-order valence-electron chi connectivity index (χ1n) is 15.5. The fraction of sp³-hybridized carbons (Fsp3) is 0.765. The number of hydrogen-bond acceptors (Lipinski definition) is 3. The molecule has 4 aliphatic carbocycles. The summed E-state index contributed by atoms with van der Waals surface area (Å²) in [5.74, 6) is 5.01. The van der Waals surface area contributed by atoms with E-state index >= 15 is 0 Å². The molecule has 3 nitrogen and oxygen atoms in total. The van der Waals surface area contributed by atoms with Crippen LogP contribution in [-0.4, -0.2) is 19.7 Å². The first-order chi connectivity index (χ1) is 17.8. The molecule has 0 spiro atoms. The molecule has 1 aromatic rings. The molecule has 0 amide bonds. The molecule has 0 heterocycles. The van der Waals surface area contributed by atoms with E-state index in [1.165, 1.54) is 57.8 Å². The van der Waals surface area contributed by atoms with Crippen LogP contribution >= 0.6 is 0 Å². The van der Waals surface area contributed by atoms with E-state index < -0.39 is 8.32 Å². The molecule has 0 aliphatic heterocycles. The Morgan fingerprint density at radius 3 is 2.32 bits per heavy atom. The van der Waals surface area contributed by atoms with Gasteiger partial charge in [0.15, 0.2) is 14.1 Å². The van der Waals surface area contributed by atoms with Crippen molar-refractivity contribution in [3.63, 3.8) is 0 Å². The highest BCUT2D eigenvalue weighted by Crippen LogP contribution is 2.65. The molecule has 0 aromatic heterocycles. The number of rotatable bonds is 5. The van der Waals surface area contributed by atoms with Gasteiger partial charge in [-0.25, -0.2) is 0 Å². The van der Waals surface area contributed by atoms with Crippen molar-refractivity contribution in [1.82, 2.24) is 0 Å². The van der Waals surface area contributed by atoms with Gasteiger partial charge in [0, 0.05) is 12.0 Å². The summed E-state index contributed by atoms with van der Waals surface area (Å²) in [5, 5.41) is 9.35. The van der Waals surface area contributed by atoms with Crippen LogP contribution in [0.1, 0.15) is 115 Å². The van der Waals surface area contributed by atoms with Crippen molar-refractivity contribution in [2.45, 2.75) is 123 Å². The van der Waals surface area contributed by atoms with Crippen LogP contribution in [0, 0.1) is 52.3 Å². The average molecular weight is 534 g/mol. The molecule has 8 atom stereocenters. The Balaban J connectivity index is 1.24. The maximum absolute atomic E-state index is 13.2. The van der Waals surface area contributed by atoms with Gasteiger partial charge in [-0.05, 0) is 136 Å². The number of nitrogens with zero attached hydrogens (tertiary/aromatic N) is 1. The molecule has 4 aliphatic rings. The smallest absolute Gasteiger partial charge is 0.192 e. The van der Waals surface area contributed by atoms with Gasteiger partial charge in [-0.2, -0.15) is 5.26 Å². The predicted molar refractivity (Wildman–Crippen MR) is 157 cm³/mol. The number of ketones is 1. The van der Waals surface area contributed by atoms with E-state index in [9.17, 15) is 4.79 Å². The van der Waals surface area contributed by atoms with Crippen LogP contribution in [0.2, 0.25) is 18.1 Å². The Bertz CT molecular complexity index is 1080. The minimum Gasteiger partial charge on any atom is -0.412 e. The van der Waals surface area contributed by atoms with Crippen LogP contribution in [0.5, 0.6) is 0 Å². The van der Waals surface area contributed by atoms with Crippen LogP contribution in [0.3, 0.4) is 0 Å². The molecule has 0 radical (unpaired) electrons. The van der Waals surface area contributed by atoms with Gasteiger partial charge in [-0.15, -0.1) is 0 Å². The highest BCUT2D eigenvalue weighted by Gasteiger charge is 2.58. The summed E-state index contributed by atoms with van der Waals surface area (Å²) in [6, 6.07) is 9.41. The first-order valence-corrected chi connectivity index (χ1v) is 18.4. The molecule has 0 saturated heterocycles. The van der Waals surface area contributed by atoms with Gasteiger partial charge < -0.3 is 4.43 Å². The van der Waals surface area contributed by atoms with E-state index in [1.54, 1.807) is 12.1 Å². The van der Waals surface area contributed by atoms with E-state index in [4.69, 9.17) is 9.69 Å². The van der Waals surface area contributed by atoms with Crippen molar-refractivity contribution in [3.8, 4) is 6.07 Å². The van der Waals surface area contributed by atoms with Crippen LogP contribution in [0.25, 0.3) is 0 Å². The molecule has 5 rings (SSSR count). The van der Waals surface area contributed by atoms with Gasteiger partial charge in [-0.1, -0.05) is 39.8 Å². The summed E-state index contributed by atoms with van der Waals surface area (Å²) in [4.78, 5) is 13.2. The first kappa shape index (κ1) is 28.1. The fourth-order valence-corrected chi connectivity index (χ4v) is 11.2. The van der Waals surface area contributed by atoms with Crippen molar-refractivity contribution in [2.75, 3.05) is 0 Å². The van der Waals surface area contributed by atoms with Gasteiger partial charge in [0.25, 0.3) is 0 Å². The second kappa shape index (κ2) is 9.88. The van der Waals surface area contributed by atoms with Gasteiger partial charge in [0.05, 0.1) is 17.2 Å². The Morgan fingerprint density at radius 1 is 0.974 bits per heavy atom. The van der Waals surface area contributed by atoms with Crippen molar-refractivity contribution in [2.24, 2.45) is 40.9 Å². The summed E-state index contributed by atoms with van der Waals surface area (Å²) in [7, 11) is -1.78. The Hall–Kier alpha value is -1.44. The SMILES string of the molecule is CC(C)(C)[Si](C)(C)O[C@]1(C)CC[C@H]2[C@H](CC[C@@H]3[C@@H]2CC[C@]2(C)[C@@H](CC(=O)c4ccc(C#N)cc4)CC[C@@H]32)C1. The zero-order valence-corrected chi connectivity index (χ0v) is 26.1. The largest absolute Gasteiger partial charge is 0.412 e. The molecule has 0 unspecified atom stereocenters. The summed E-state index contributed by atoms with van der Waals surface area (Å²) in [6.45, 7) is 16.9. The highest BCUT2D eigenvalue weighted by molar-refractivity contribution is 6.74. The van der Waals surface area contributed by atoms with Crippen LogP contribution < -0.4 is 0 Å². The zero-order valence-electron chi connectivity index (χ0n) is 25.1. The maximum atomic E-state index is 13.2. The molecular weight excluding hydrogens is 482 g/mol. The normalized spacial score (nSPS) is 39.0. The second-order valence-electron chi connectivity index (χ2n) is 15.6. The molecule has 0 N–H and O–H groups in total. The Kier molecular flexibility index (Phi) is 7.31. The Labute approximate surface area is 233 Å². The highest BCUT2D eigenvalue weighted by atomic mass is 28.4. The predicted octanol–water partition coefficient (Wildman–Crippen LogP) is 9.18. The minimum absolute atomic E-state index is 0.0600. The summed E-state index contributed by atoms with van der Waals surface area (Å²) in [5.41, 5.74) is 1.77. The standard InChI is InChI=1S/C34H51NO2Si/c1-32(2,3)38(6,7)37-33(4)18-16-27-25(21-33)12-14-29-28(27)17-19-34(5)26(13-15-30(29)34)20-31(36)24-10-8-23(22-35)9-11-24/h8-11,25-30H,12-21H2,1-7H3/t25-,26-,27+,28-,29-,30+,33-,34-/m1/s1. The van der Waals surface area contributed by atoms with Crippen molar-refractivity contribution >= 4 is 14.1 Å². The lowest BCUT2D eigenvalue weighted by Crippen LogP contribution is -2.54. The van der Waals surface area contributed by atoms with Crippen LogP contribution in [-0.2, 0) is 4.43 Å². The lowest BCUT2D eigenvalue weighted by molar-refractivity contribution is -0.0954. The molecule has 4 saturated carbocycles.